The van der Waals surface area contributed by atoms with E-state index in [0.717, 1.165) is 12.8 Å². The molecule has 0 aliphatic carbocycles. The Kier molecular flexibility index (Phi) is 1.98. The zero-order valence-corrected chi connectivity index (χ0v) is 5.96. The Bertz CT molecular complexity index is 145. The fourth-order valence-corrected chi connectivity index (χ4v) is 0.905. The Hall–Kier alpha value is -0.660. The number of hydrogen-bond acceptors (Lipinski definition) is 2. The fraction of sp³-hybridized carbons (Fsp3) is 0.714. The Morgan fingerprint density at radius 1 is 1.67 bits per heavy atom. The van der Waals surface area contributed by atoms with Crippen LogP contribution in [0.15, 0.2) is 10.2 Å². The van der Waals surface area contributed by atoms with Gasteiger partial charge in [-0.25, -0.2) is 0 Å². The molecule has 0 saturated carbocycles. The smallest absolute Gasteiger partial charge is 0.0462 e. The molecule has 0 aromatic rings. The third-order valence-electron chi connectivity index (χ3n) is 1.25. The molecule has 2 nitrogen and oxygen atoms in total. The van der Waals surface area contributed by atoms with Gasteiger partial charge in [-0.3, -0.25) is 0 Å². The van der Waals surface area contributed by atoms with Crippen LogP contribution in [0.4, 0.5) is 0 Å². The SMILES string of the molecule is CC(C)CC1=NN=CC1. The van der Waals surface area contributed by atoms with Crippen molar-refractivity contribution in [3.05, 3.63) is 0 Å². The number of nitrogens with zero attached hydrogens (tertiary/aromatic N) is 2. The number of rotatable bonds is 2. The molecule has 0 aromatic heterocycles. The highest BCUT2D eigenvalue weighted by molar-refractivity contribution is 5.98. The molecule has 2 heteroatoms. The summed E-state index contributed by atoms with van der Waals surface area (Å²) in [6.45, 7) is 4.39. The molecule has 0 amide bonds. The average Bonchev–Trinajstić information content (AvgIpc) is 2.15. The van der Waals surface area contributed by atoms with Crippen molar-refractivity contribution in [2.75, 3.05) is 0 Å². The summed E-state index contributed by atoms with van der Waals surface area (Å²) >= 11 is 0. The van der Waals surface area contributed by atoms with E-state index in [0.29, 0.717) is 5.92 Å². The van der Waals surface area contributed by atoms with Crippen LogP contribution < -0.4 is 0 Å². The lowest BCUT2D eigenvalue weighted by Gasteiger charge is -2.00. The van der Waals surface area contributed by atoms with E-state index in [1.807, 2.05) is 6.21 Å². The average molecular weight is 124 g/mol. The maximum Gasteiger partial charge on any atom is 0.0462 e. The molecule has 0 atom stereocenters. The van der Waals surface area contributed by atoms with Crippen LogP contribution in [-0.4, -0.2) is 11.9 Å². The molecule has 0 saturated heterocycles. The monoisotopic (exact) mass is 124 g/mol. The van der Waals surface area contributed by atoms with Crippen molar-refractivity contribution < 1.29 is 0 Å². The third kappa shape index (κ3) is 1.96. The van der Waals surface area contributed by atoms with Gasteiger partial charge < -0.3 is 0 Å². The molecule has 50 valence electrons. The summed E-state index contributed by atoms with van der Waals surface area (Å²) in [7, 11) is 0. The molecule has 0 fully saturated rings. The molecule has 1 heterocycles. The minimum atomic E-state index is 0.713. The molecule has 1 rings (SSSR count). The van der Waals surface area contributed by atoms with Gasteiger partial charge in [0.05, 0.1) is 0 Å². The van der Waals surface area contributed by atoms with Gasteiger partial charge in [0.2, 0.25) is 0 Å². The van der Waals surface area contributed by atoms with Crippen LogP contribution >= 0.6 is 0 Å². The first-order valence-corrected chi connectivity index (χ1v) is 3.36. The molecule has 0 aromatic carbocycles. The highest BCUT2D eigenvalue weighted by atomic mass is 15.2. The van der Waals surface area contributed by atoms with Gasteiger partial charge >= 0.3 is 0 Å². The Morgan fingerprint density at radius 3 is 2.89 bits per heavy atom. The number of hydrogen-bond donors (Lipinski definition) is 0. The van der Waals surface area contributed by atoms with Gasteiger partial charge in [0, 0.05) is 18.3 Å². The van der Waals surface area contributed by atoms with Gasteiger partial charge in [0.1, 0.15) is 0 Å². The molecule has 1 aliphatic heterocycles. The molecule has 1 aliphatic rings. The fourth-order valence-electron chi connectivity index (χ4n) is 0.905. The summed E-state index contributed by atoms with van der Waals surface area (Å²) in [6, 6.07) is 0. The van der Waals surface area contributed by atoms with Crippen molar-refractivity contribution >= 4 is 11.9 Å². The summed E-state index contributed by atoms with van der Waals surface area (Å²) in [5.41, 5.74) is 1.23. The van der Waals surface area contributed by atoms with Gasteiger partial charge in [0.25, 0.3) is 0 Å². The molecule has 0 unspecified atom stereocenters. The second kappa shape index (κ2) is 2.76. The molecular weight excluding hydrogens is 112 g/mol. The standard InChI is InChI=1S/C7H12N2/c1-6(2)5-7-3-4-8-9-7/h4,6H,3,5H2,1-2H3. The van der Waals surface area contributed by atoms with Crippen molar-refractivity contribution in [3.8, 4) is 0 Å². The lowest BCUT2D eigenvalue weighted by Crippen LogP contribution is -1.99. The molecule has 0 spiro atoms. The quantitative estimate of drug-likeness (QED) is 0.537. The highest BCUT2D eigenvalue weighted by Gasteiger charge is 2.04. The molecular formula is C7H12N2. The van der Waals surface area contributed by atoms with E-state index in [1.54, 1.807) is 0 Å². The van der Waals surface area contributed by atoms with Gasteiger partial charge in [-0.05, 0) is 12.3 Å². The summed E-state index contributed by atoms with van der Waals surface area (Å²) in [5, 5.41) is 7.74. The first-order valence-electron chi connectivity index (χ1n) is 3.36. The van der Waals surface area contributed by atoms with Crippen molar-refractivity contribution in [3.63, 3.8) is 0 Å². The predicted octanol–water partition coefficient (Wildman–Crippen LogP) is 1.86. The molecule has 0 bridgehead atoms. The van der Waals surface area contributed by atoms with Crippen LogP contribution in [0.5, 0.6) is 0 Å². The van der Waals surface area contributed by atoms with E-state index in [1.165, 1.54) is 5.71 Å². The van der Waals surface area contributed by atoms with Crippen LogP contribution in [0.1, 0.15) is 26.7 Å². The molecule has 9 heavy (non-hydrogen) atoms. The first-order chi connectivity index (χ1) is 4.29. The van der Waals surface area contributed by atoms with Gasteiger partial charge in [0.15, 0.2) is 0 Å². The van der Waals surface area contributed by atoms with E-state index in [2.05, 4.69) is 24.1 Å². The van der Waals surface area contributed by atoms with Crippen LogP contribution in [0.2, 0.25) is 0 Å². The molecule has 0 N–H and O–H groups in total. The normalized spacial score (nSPS) is 17.0. The molecule has 0 radical (unpaired) electrons. The van der Waals surface area contributed by atoms with E-state index in [-0.39, 0.29) is 0 Å². The topological polar surface area (TPSA) is 24.7 Å². The summed E-state index contributed by atoms with van der Waals surface area (Å²) in [4.78, 5) is 0. The van der Waals surface area contributed by atoms with E-state index in [4.69, 9.17) is 0 Å². The third-order valence-corrected chi connectivity index (χ3v) is 1.25. The maximum atomic E-state index is 3.96. The van der Waals surface area contributed by atoms with Crippen molar-refractivity contribution in [2.45, 2.75) is 26.7 Å². The van der Waals surface area contributed by atoms with Crippen molar-refractivity contribution in [1.82, 2.24) is 0 Å². The first kappa shape index (κ1) is 6.46. The van der Waals surface area contributed by atoms with Crippen LogP contribution in [0.3, 0.4) is 0 Å². The minimum absolute atomic E-state index is 0.713. The Balaban J connectivity index is 2.30. The van der Waals surface area contributed by atoms with Crippen molar-refractivity contribution in [2.24, 2.45) is 16.1 Å². The van der Waals surface area contributed by atoms with Crippen LogP contribution in [-0.2, 0) is 0 Å². The van der Waals surface area contributed by atoms with Crippen LogP contribution in [0, 0.1) is 5.92 Å². The second-order valence-electron chi connectivity index (χ2n) is 2.77. The minimum Gasteiger partial charge on any atom is -0.163 e. The lowest BCUT2D eigenvalue weighted by atomic mass is 10.1. The van der Waals surface area contributed by atoms with Crippen molar-refractivity contribution in [1.29, 1.82) is 0 Å². The van der Waals surface area contributed by atoms with E-state index >= 15 is 0 Å². The van der Waals surface area contributed by atoms with E-state index in [9.17, 15) is 0 Å². The summed E-state index contributed by atoms with van der Waals surface area (Å²) in [6.07, 6.45) is 3.93. The van der Waals surface area contributed by atoms with Crippen LogP contribution in [0.25, 0.3) is 0 Å². The summed E-state index contributed by atoms with van der Waals surface area (Å²) < 4.78 is 0. The highest BCUT2D eigenvalue weighted by Crippen LogP contribution is 2.06. The van der Waals surface area contributed by atoms with Gasteiger partial charge in [-0.15, -0.1) is 0 Å². The Morgan fingerprint density at radius 2 is 2.44 bits per heavy atom. The van der Waals surface area contributed by atoms with Gasteiger partial charge in [-0.1, -0.05) is 13.8 Å². The zero-order valence-electron chi connectivity index (χ0n) is 5.96. The van der Waals surface area contributed by atoms with E-state index < -0.39 is 0 Å². The zero-order chi connectivity index (χ0) is 6.69. The summed E-state index contributed by atoms with van der Waals surface area (Å²) in [5.74, 6) is 0.713. The Labute approximate surface area is 55.7 Å². The maximum absolute atomic E-state index is 3.96. The largest absolute Gasteiger partial charge is 0.163 e. The second-order valence-corrected chi connectivity index (χ2v) is 2.77. The van der Waals surface area contributed by atoms with Gasteiger partial charge in [-0.2, -0.15) is 10.2 Å². The lowest BCUT2D eigenvalue weighted by molar-refractivity contribution is 0.681. The predicted molar refractivity (Wildman–Crippen MR) is 40.0 cm³/mol.